The van der Waals surface area contributed by atoms with Crippen molar-refractivity contribution >= 4 is 11.9 Å². The molecule has 122 valence electrons. The SMILES string of the molecule is CCOCC(=O)N[C@H](Cc1ccccc1C(F)(F)F)C(=O)O. The molecule has 1 aromatic rings. The number of hydrogen-bond donors (Lipinski definition) is 2. The van der Waals surface area contributed by atoms with Crippen LogP contribution >= 0.6 is 0 Å². The summed E-state index contributed by atoms with van der Waals surface area (Å²) in [5.41, 5.74) is -1.11. The highest BCUT2D eigenvalue weighted by atomic mass is 19.4. The number of aliphatic carboxylic acids is 1. The van der Waals surface area contributed by atoms with Crippen LogP contribution in [-0.4, -0.2) is 36.2 Å². The van der Waals surface area contributed by atoms with Gasteiger partial charge >= 0.3 is 12.1 Å². The Balaban J connectivity index is 2.89. The summed E-state index contributed by atoms with van der Waals surface area (Å²) in [6.07, 6.45) is -5.06. The van der Waals surface area contributed by atoms with E-state index in [9.17, 15) is 22.8 Å². The van der Waals surface area contributed by atoms with Crippen LogP contribution in [0, 0.1) is 0 Å². The molecule has 2 N–H and O–H groups in total. The van der Waals surface area contributed by atoms with Crippen molar-refractivity contribution in [1.82, 2.24) is 5.32 Å². The highest BCUT2D eigenvalue weighted by Gasteiger charge is 2.34. The number of carbonyl (C=O) groups excluding carboxylic acids is 1. The number of carboxylic acid groups (broad SMARTS) is 1. The highest BCUT2D eigenvalue weighted by Crippen LogP contribution is 2.32. The van der Waals surface area contributed by atoms with Crippen molar-refractivity contribution in [2.24, 2.45) is 0 Å². The topological polar surface area (TPSA) is 75.6 Å². The first-order valence-electron chi connectivity index (χ1n) is 6.50. The molecule has 1 amide bonds. The van der Waals surface area contributed by atoms with Crippen molar-refractivity contribution in [2.75, 3.05) is 13.2 Å². The van der Waals surface area contributed by atoms with Gasteiger partial charge in [-0.1, -0.05) is 18.2 Å². The second-order valence-electron chi connectivity index (χ2n) is 4.45. The number of alkyl halides is 3. The Hall–Kier alpha value is -2.09. The Morgan fingerprint density at radius 3 is 2.50 bits per heavy atom. The number of benzene rings is 1. The molecule has 0 fully saturated rings. The van der Waals surface area contributed by atoms with Crippen LogP contribution in [0.5, 0.6) is 0 Å². The van der Waals surface area contributed by atoms with Gasteiger partial charge in [0.05, 0.1) is 5.56 Å². The zero-order valence-electron chi connectivity index (χ0n) is 11.8. The average molecular weight is 319 g/mol. The van der Waals surface area contributed by atoms with Crippen LogP contribution in [-0.2, 0) is 26.9 Å². The zero-order chi connectivity index (χ0) is 16.8. The molecule has 0 heterocycles. The van der Waals surface area contributed by atoms with Crippen molar-refractivity contribution in [3.8, 4) is 0 Å². The molecule has 0 aliphatic carbocycles. The number of carboxylic acids is 1. The molecule has 1 aromatic carbocycles. The van der Waals surface area contributed by atoms with Crippen LogP contribution < -0.4 is 5.32 Å². The third-order valence-corrected chi connectivity index (χ3v) is 2.82. The maximum Gasteiger partial charge on any atom is 0.416 e. The largest absolute Gasteiger partial charge is 0.480 e. The summed E-state index contributed by atoms with van der Waals surface area (Å²) in [5.74, 6) is -2.11. The van der Waals surface area contributed by atoms with Gasteiger partial charge in [-0.25, -0.2) is 4.79 Å². The lowest BCUT2D eigenvalue weighted by Crippen LogP contribution is -2.44. The maximum absolute atomic E-state index is 12.9. The van der Waals surface area contributed by atoms with Gasteiger partial charge in [-0.15, -0.1) is 0 Å². The van der Waals surface area contributed by atoms with Crippen LogP contribution in [0.3, 0.4) is 0 Å². The van der Waals surface area contributed by atoms with Gasteiger partial charge in [-0.3, -0.25) is 4.79 Å². The minimum Gasteiger partial charge on any atom is -0.480 e. The average Bonchev–Trinajstić information content (AvgIpc) is 2.43. The summed E-state index contributed by atoms with van der Waals surface area (Å²) >= 11 is 0. The van der Waals surface area contributed by atoms with Gasteiger partial charge in [-0.2, -0.15) is 13.2 Å². The first kappa shape index (κ1) is 18.0. The van der Waals surface area contributed by atoms with Crippen molar-refractivity contribution < 1.29 is 32.6 Å². The van der Waals surface area contributed by atoms with E-state index in [0.29, 0.717) is 0 Å². The van der Waals surface area contributed by atoms with E-state index in [1.54, 1.807) is 6.92 Å². The standard InChI is InChI=1S/C14H16F3NO4/c1-2-22-8-12(19)18-11(13(20)21)7-9-5-3-4-6-10(9)14(15,16)17/h3-6,11H,2,7-8H2,1H3,(H,18,19)(H,20,21)/t11-/m1/s1. The monoisotopic (exact) mass is 319 g/mol. The molecular formula is C14H16F3NO4. The smallest absolute Gasteiger partial charge is 0.416 e. The van der Waals surface area contributed by atoms with E-state index in [1.165, 1.54) is 18.2 Å². The number of nitrogens with one attached hydrogen (secondary N) is 1. The number of halogens is 3. The molecule has 1 rings (SSSR count). The van der Waals surface area contributed by atoms with E-state index in [4.69, 9.17) is 9.84 Å². The Morgan fingerprint density at radius 2 is 1.95 bits per heavy atom. The molecule has 1 atom stereocenters. The lowest BCUT2D eigenvalue weighted by molar-refractivity contribution is -0.143. The molecular weight excluding hydrogens is 303 g/mol. The summed E-state index contributed by atoms with van der Waals surface area (Å²) in [6, 6.07) is 3.20. The molecule has 0 radical (unpaired) electrons. The Morgan fingerprint density at radius 1 is 1.32 bits per heavy atom. The van der Waals surface area contributed by atoms with Gasteiger partial charge in [-0.05, 0) is 18.6 Å². The molecule has 22 heavy (non-hydrogen) atoms. The number of ether oxygens (including phenoxy) is 1. The van der Waals surface area contributed by atoms with Crippen molar-refractivity contribution in [1.29, 1.82) is 0 Å². The molecule has 8 heteroatoms. The maximum atomic E-state index is 12.9. The van der Waals surface area contributed by atoms with E-state index in [0.717, 1.165) is 6.07 Å². The molecule has 0 saturated heterocycles. The lowest BCUT2D eigenvalue weighted by atomic mass is 10.00. The molecule has 0 unspecified atom stereocenters. The molecule has 0 aromatic heterocycles. The van der Waals surface area contributed by atoms with Gasteiger partial charge in [0.2, 0.25) is 5.91 Å². The summed E-state index contributed by atoms with van der Waals surface area (Å²) in [4.78, 5) is 22.6. The van der Waals surface area contributed by atoms with Gasteiger partial charge in [0.15, 0.2) is 0 Å². The third kappa shape index (κ3) is 5.36. The minimum atomic E-state index is -4.59. The fourth-order valence-corrected chi connectivity index (χ4v) is 1.83. The highest BCUT2D eigenvalue weighted by molar-refractivity contribution is 5.84. The van der Waals surface area contributed by atoms with Gasteiger partial charge in [0.25, 0.3) is 0 Å². The van der Waals surface area contributed by atoms with Gasteiger partial charge in [0, 0.05) is 13.0 Å². The van der Waals surface area contributed by atoms with E-state index >= 15 is 0 Å². The first-order valence-corrected chi connectivity index (χ1v) is 6.50. The van der Waals surface area contributed by atoms with E-state index in [-0.39, 0.29) is 18.8 Å². The Labute approximate surface area is 125 Å². The zero-order valence-corrected chi connectivity index (χ0v) is 11.8. The predicted octanol–water partition coefficient (Wildman–Crippen LogP) is 1.85. The number of hydrogen-bond acceptors (Lipinski definition) is 3. The Kier molecular flexibility index (Phi) is 6.36. The molecule has 0 aliphatic heterocycles. The van der Waals surface area contributed by atoms with Crippen LogP contribution in [0.15, 0.2) is 24.3 Å². The van der Waals surface area contributed by atoms with E-state index in [1.807, 2.05) is 0 Å². The van der Waals surface area contributed by atoms with E-state index < -0.39 is 36.1 Å². The minimum absolute atomic E-state index is 0.195. The molecule has 5 nitrogen and oxygen atoms in total. The van der Waals surface area contributed by atoms with E-state index in [2.05, 4.69) is 5.32 Å². The van der Waals surface area contributed by atoms with Crippen molar-refractivity contribution in [3.05, 3.63) is 35.4 Å². The summed E-state index contributed by atoms with van der Waals surface area (Å²) in [7, 11) is 0. The van der Waals surface area contributed by atoms with Gasteiger partial charge in [0.1, 0.15) is 12.6 Å². The fourth-order valence-electron chi connectivity index (χ4n) is 1.83. The second-order valence-corrected chi connectivity index (χ2v) is 4.45. The quantitative estimate of drug-likeness (QED) is 0.804. The third-order valence-electron chi connectivity index (χ3n) is 2.82. The number of amides is 1. The molecule has 0 saturated carbocycles. The normalized spacial score (nSPS) is 12.7. The molecule has 0 aliphatic rings. The molecule has 0 spiro atoms. The summed E-state index contributed by atoms with van der Waals surface area (Å²) < 4.78 is 43.4. The first-order chi connectivity index (χ1) is 10.3. The van der Waals surface area contributed by atoms with Crippen LogP contribution in [0.1, 0.15) is 18.1 Å². The molecule has 0 bridgehead atoms. The number of carbonyl (C=O) groups is 2. The Bertz CT molecular complexity index is 531. The summed E-state index contributed by atoms with van der Waals surface area (Å²) in [5, 5.41) is 11.2. The second kappa shape index (κ2) is 7.79. The van der Waals surface area contributed by atoms with Crippen LogP contribution in [0.2, 0.25) is 0 Å². The lowest BCUT2D eigenvalue weighted by Gasteiger charge is -2.18. The predicted molar refractivity (Wildman–Crippen MR) is 71.2 cm³/mol. The van der Waals surface area contributed by atoms with Crippen molar-refractivity contribution in [3.63, 3.8) is 0 Å². The summed E-state index contributed by atoms with van der Waals surface area (Å²) in [6.45, 7) is 1.57. The van der Waals surface area contributed by atoms with Crippen LogP contribution in [0.25, 0.3) is 0 Å². The number of rotatable bonds is 7. The van der Waals surface area contributed by atoms with Crippen molar-refractivity contribution in [2.45, 2.75) is 25.6 Å². The van der Waals surface area contributed by atoms with Gasteiger partial charge < -0.3 is 15.2 Å². The fraction of sp³-hybridized carbons (Fsp3) is 0.429. The van der Waals surface area contributed by atoms with Crippen LogP contribution in [0.4, 0.5) is 13.2 Å².